The van der Waals surface area contributed by atoms with E-state index in [2.05, 4.69) is 0 Å². The largest absolute Gasteiger partial charge is 0.335 e. The van der Waals surface area contributed by atoms with Crippen molar-refractivity contribution in [3.05, 3.63) is 70.0 Å². The Morgan fingerprint density at radius 3 is 2.59 bits per heavy atom. The van der Waals surface area contributed by atoms with Crippen LogP contribution in [0.25, 0.3) is 0 Å². The van der Waals surface area contributed by atoms with E-state index in [-0.39, 0.29) is 36.5 Å². The van der Waals surface area contributed by atoms with Gasteiger partial charge in [-0.25, -0.2) is 0 Å². The summed E-state index contributed by atoms with van der Waals surface area (Å²) in [4.78, 5) is 39.0. The van der Waals surface area contributed by atoms with Gasteiger partial charge < -0.3 is 9.80 Å². The van der Waals surface area contributed by atoms with Crippen LogP contribution >= 0.6 is 0 Å². The Labute approximate surface area is 166 Å². The van der Waals surface area contributed by atoms with Crippen molar-refractivity contribution < 1.29 is 18.9 Å². The second kappa shape index (κ2) is 7.62. The third-order valence-electron chi connectivity index (χ3n) is 5.38. The van der Waals surface area contributed by atoms with Gasteiger partial charge in [0.15, 0.2) is 0 Å². The van der Waals surface area contributed by atoms with E-state index in [4.69, 9.17) is 0 Å². The first kappa shape index (κ1) is 19.0. The molecule has 2 aliphatic rings. The Morgan fingerprint density at radius 1 is 1.21 bits per heavy atom. The maximum atomic E-state index is 13.6. The molecule has 1 unspecified atom stereocenters. The van der Waals surface area contributed by atoms with E-state index < -0.39 is 22.3 Å². The maximum Gasteiger partial charge on any atom is 0.306 e. The molecule has 4 rings (SSSR count). The number of nitro groups is 1. The van der Waals surface area contributed by atoms with Crippen LogP contribution in [0.3, 0.4) is 0 Å². The fraction of sp³-hybridized carbons (Fsp3) is 0.333. The molecule has 1 saturated heterocycles. The first-order chi connectivity index (χ1) is 13.9. The fourth-order valence-electron chi connectivity index (χ4n) is 3.72. The predicted octanol–water partition coefficient (Wildman–Crippen LogP) is 3.28. The second-order valence-electron chi connectivity index (χ2n) is 7.48. The molecule has 0 N–H and O–H groups in total. The molecule has 2 fully saturated rings. The van der Waals surface area contributed by atoms with E-state index in [1.165, 1.54) is 11.0 Å². The summed E-state index contributed by atoms with van der Waals surface area (Å²) in [6, 6.07) is 13.2. The molecule has 2 aromatic carbocycles. The van der Waals surface area contributed by atoms with Gasteiger partial charge in [-0.3, -0.25) is 19.7 Å². The van der Waals surface area contributed by atoms with Gasteiger partial charge in [0, 0.05) is 31.6 Å². The van der Waals surface area contributed by atoms with Gasteiger partial charge in [0.25, 0.3) is 0 Å². The summed E-state index contributed by atoms with van der Waals surface area (Å²) in [5.74, 6) is -1.85. The summed E-state index contributed by atoms with van der Waals surface area (Å²) >= 11 is 0. The molecule has 29 heavy (non-hydrogen) atoms. The van der Waals surface area contributed by atoms with Crippen LogP contribution in [0, 0.1) is 21.8 Å². The van der Waals surface area contributed by atoms with Gasteiger partial charge in [0.05, 0.1) is 16.5 Å². The van der Waals surface area contributed by atoms with Gasteiger partial charge >= 0.3 is 5.69 Å². The number of hydrogen-bond acceptors (Lipinski definition) is 4. The third-order valence-corrected chi connectivity index (χ3v) is 5.38. The van der Waals surface area contributed by atoms with Crippen molar-refractivity contribution in [2.24, 2.45) is 5.92 Å². The quantitative estimate of drug-likeness (QED) is 0.553. The number of hydrogen-bond donors (Lipinski definition) is 0. The van der Waals surface area contributed by atoms with Gasteiger partial charge in [-0.2, -0.15) is 4.39 Å². The van der Waals surface area contributed by atoms with Crippen molar-refractivity contribution in [2.45, 2.75) is 31.8 Å². The molecule has 0 bridgehead atoms. The van der Waals surface area contributed by atoms with Crippen molar-refractivity contribution in [1.29, 1.82) is 0 Å². The molecule has 1 aliphatic carbocycles. The highest BCUT2D eigenvalue weighted by molar-refractivity contribution is 6.00. The van der Waals surface area contributed by atoms with Crippen molar-refractivity contribution in [3.63, 3.8) is 0 Å². The zero-order valence-electron chi connectivity index (χ0n) is 15.7. The minimum atomic E-state index is -0.958. The molecule has 0 spiro atoms. The maximum absolute atomic E-state index is 13.6. The van der Waals surface area contributed by atoms with Crippen molar-refractivity contribution in [3.8, 4) is 0 Å². The molecule has 1 atom stereocenters. The van der Waals surface area contributed by atoms with Crippen molar-refractivity contribution in [1.82, 2.24) is 4.90 Å². The number of anilines is 1. The predicted molar refractivity (Wildman–Crippen MR) is 104 cm³/mol. The van der Waals surface area contributed by atoms with Crippen LogP contribution in [0.4, 0.5) is 15.8 Å². The number of benzene rings is 2. The number of carbonyl (C=O) groups is 2. The highest BCUT2D eigenvalue weighted by Crippen LogP contribution is 2.34. The Bertz CT molecular complexity index is 962. The van der Waals surface area contributed by atoms with Gasteiger partial charge in [-0.15, -0.1) is 0 Å². The molecule has 1 saturated carbocycles. The molecule has 0 radical (unpaired) electrons. The van der Waals surface area contributed by atoms with Crippen LogP contribution in [0.2, 0.25) is 0 Å². The zero-order chi connectivity index (χ0) is 20.5. The number of halogens is 1. The standard InChI is InChI=1S/C21H20FN3O4/c22-18-9-8-17(11-19(18)25(28)29)23-13-15(10-20(23)26)21(27)24(16-6-7-16)12-14-4-2-1-3-5-14/h1-5,8-9,11,15-16H,6-7,10,12-13H2. The molecule has 0 aromatic heterocycles. The summed E-state index contributed by atoms with van der Waals surface area (Å²) < 4.78 is 13.6. The molecule has 8 heteroatoms. The van der Waals surface area contributed by atoms with E-state index in [1.54, 1.807) is 0 Å². The average Bonchev–Trinajstić information content (AvgIpc) is 3.48. The lowest BCUT2D eigenvalue weighted by Crippen LogP contribution is -2.38. The first-order valence-electron chi connectivity index (χ1n) is 9.52. The molecule has 7 nitrogen and oxygen atoms in total. The number of nitrogens with zero attached hydrogens (tertiary/aromatic N) is 3. The molecule has 1 heterocycles. The smallest absolute Gasteiger partial charge is 0.306 e. The number of amides is 2. The highest BCUT2D eigenvalue weighted by Gasteiger charge is 2.41. The van der Waals surface area contributed by atoms with E-state index >= 15 is 0 Å². The van der Waals surface area contributed by atoms with E-state index in [0.29, 0.717) is 6.54 Å². The van der Waals surface area contributed by atoms with Crippen LogP contribution in [-0.2, 0) is 16.1 Å². The van der Waals surface area contributed by atoms with Gasteiger partial charge in [-0.1, -0.05) is 30.3 Å². The highest BCUT2D eigenvalue weighted by atomic mass is 19.1. The summed E-state index contributed by atoms with van der Waals surface area (Å²) in [6.45, 7) is 0.634. The molecule has 2 amide bonds. The first-order valence-corrected chi connectivity index (χ1v) is 9.52. The molecule has 150 valence electrons. The van der Waals surface area contributed by atoms with E-state index in [9.17, 15) is 24.1 Å². The van der Waals surface area contributed by atoms with E-state index in [0.717, 1.165) is 30.5 Å². The fourth-order valence-corrected chi connectivity index (χ4v) is 3.72. The Balaban J connectivity index is 1.51. The van der Waals surface area contributed by atoms with Crippen LogP contribution < -0.4 is 4.90 Å². The molecule has 1 aliphatic heterocycles. The summed E-state index contributed by atoms with van der Waals surface area (Å²) in [7, 11) is 0. The Morgan fingerprint density at radius 2 is 1.93 bits per heavy atom. The molecular formula is C21H20FN3O4. The topological polar surface area (TPSA) is 83.8 Å². The van der Waals surface area contributed by atoms with Crippen LogP contribution in [-0.4, -0.2) is 34.2 Å². The van der Waals surface area contributed by atoms with Gasteiger partial charge in [-0.05, 0) is 30.5 Å². The van der Waals surface area contributed by atoms with Crippen molar-refractivity contribution >= 4 is 23.2 Å². The summed E-state index contributed by atoms with van der Waals surface area (Å²) in [5.41, 5.74) is 0.580. The molecular weight excluding hydrogens is 377 g/mol. The third kappa shape index (κ3) is 3.96. The van der Waals surface area contributed by atoms with Crippen LogP contribution in [0.5, 0.6) is 0 Å². The average molecular weight is 397 g/mol. The van der Waals surface area contributed by atoms with Gasteiger partial charge in [0.2, 0.25) is 17.6 Å². The Hall–Kier alpha value is -3.29. The lowest BCUT2D eigenvalue weighted by molar-refractivity contribution is -0.387. The number of nitro benzene ring substituents is 1. The number of rotatable bonds is 6. The number of carbonyl (C=O) groups excluding carboxylic acids is 2. The molecule has 2 aromatic rings. The lowest BCUT2D eigenvalue weighted by Gasteiger charge is -2.26. The monoisotopic (exact) mass is 397 g/mol. The minimum absolute atomic E-state index is 0.0437. The van der Waals surface area contributed by atoms with Crippen LogP contribution in [0.1, 0.15) is 24.8 Å². The van der Waals surface area contributed by atoms with Gasteiger partial charge in [0.1, 0.15) is 0 Å². The summed E-state index contributed by atoms with van der Waals surface area (Å²) in [5, 5.41) is 11.0. The van der Waals surface area contributed by atoms with Crippen LogP contribution in [0.15, 0.2) is 48.5 Å². The minimum Gasteiger partial charge on any atom is -0.335 e. The zero-order valence-corrected chi connectivity index (χ0v) is 15.7. The lowest BCUT2D eigenvalue weighted by atomic mass is 10.1. The normalized spacial score (nSPS) is 18.7. The Kier molecular flexibility index (Phi) is 5.00. The SMILES string of the molecule is O=C1CC(C(=O)N(Cc2ccccc2)C2CC2)CN1c1ccc(F)c([N+](=O)[O-])c1. The van der Waals surface area contributed by atoms with E-state index in [1.807, 2.05) is 35.2 Å². The second-order valence-corrected chi connectivity index (χ2v) is 7.48. The van der Waals surface area contributed by atoms with Crippen molar-refractivity contribution in [2.75, 3.05) is 11.4 Å². The summed E-state index contributed by atoms with van der Waals surface area (Å²) in [6.07, 6.45) is 1.95.